The van der Waals surface area contributed by atoms with Crippen LogP contribution < -0.4 is 10.8 Å². The number of rotatable bonds is 11. The van der Waals surface area contributed by atoms with E-state index in [0.29, 0.717) is 18.3 Å². The zero-order chi connectivity index (χ0) is 17.9. The van der Waals surface area contributed by atoms with Gasteiger partial charge in [0.15, 0.2) is 5.82 Å². The molecular weight excluding hydrogens is 320 g/mol. The maximum Gasteiger partial charge on any atom is 0.244 e. The summed E-state index contributed by atoms with van der Waals surface area (Å²) in [6, 6.07) is 0. The summed E-state index contributed by atoms with van der Waals surface area (Å²) in [4.78, 5) is 16.0. The summed E-state index contributed by atoms with van der Waals surface area (Å²) >= 11 is 0. The van der Waals surface area contributed by atoms with Crippen LogP contribution in [0.5, 0.6) is 0 Å². The third-order valence-electron chi connectivity index (χ3n) is 4.99. The second-order valence-electron chi connectivity index (χ2n) is 7.10. The molecule has 1 aromatic rings. The molecule has 1 aromatic heterocycles. The fourth-order valence-corrected chi connectivity index (χ4v) is 3.59. The number of nitrogens with one attached hydrogen (secondary N) is 2. The van der Waals surface area contributed by atoms with Crippen molar-refractivity contribution < 1.29 is 14.5 Å². The minimum absolute atomic E-state index is 0.136. The van der Waals surface area contributed by atoms with Gasteiger partial charge >= 0.3 is 0 Å². The molecule has 0 saturated heterocycles. The Balaban J connectivity index is 1.86. The number of hydroxylamine groups is 1. The molecule has 7 heteroatoms. The lowest BCUT2D eigenvalue weighted by molar-refractivity contribution is -0.129. The van der Waals surface area contributed by atoms with Crippen LogP contribution in [0.15, 0.2) is 4.52 Å². The van der Waals surface area contributed by atoms with E-state index in [2.05, 4.69) is 22.4 Å². The summed E-state index contributed by atoms with van der Waals surface area (Å²) in [5, 5.41) is 16.1. The predicted molar refractivity (Wildman–Crippen MR) is 94.0 cm³/mol. The smallest absolute Gasteiger partial charge is 0.244 e. The first-order valence-electron chi connectivity index (χ1n) is 9.69. The summed E-state index contributed by atoms with van der Waals surface area (Å²) < 4.78 is 5.38. The lowest BCUT2D eigenvalue weighted by Crippen LogP contribution is -2.21. The second kappa shape index (κ2) is 11.2. The van der Waals surface area contributed by atoms with Crippen molar-refractivity contribution >= 4 is 5.91 Å². The van der Waals surface area contributed by atoms with Crippen LogP contribution in [0.3, 0.4) is 0 Å². The van der Waals surface area contributed by atoms with Gasteiger partial charge in [-0.1, -0.05) is 57.0 Å². The molecule has 1 amide bonds. The van der Waals surface area contributed by atoms with Gasteiger partial charge in [0.1, 0.15) is 0 Å². The molecule has 2 rings (SSSR count). The van der Waals surface area contributed by atoms with E-state index in [1.54, 1.807) is 5.48 Å². The molecule has 142 valence electrons. The van der Waals surface area contributed by atoms with Gasteiger partial charge in [-0.15, -0.1) is 0 Å². The monoisotopic (exact) mass is 352 g/mol. The number of hydrogen-bond acceptors (Lipinski definition) is 6. The van der Waals surface area contributed by atoms with Gasteiger partial charge in [-0.25, -0.2) is 5.48 Å². The van der Waals surface area contributed by atoms with Gasteiger partial charge in [-0.05, 0) is 25.3 Å². The molecule has 0 aromatic carbocycles. The number of amides is 1. The first kappa shape index (κ1) is 19.8. The summed E-state index contributed by atoms with van der Waals surface area (Å²) in [6.07, 6.45) is 11.0. The molecule has 1 atom stereocenters. The zero-order valence-corrected chi connectivity index (χ0v) is 15.3. The minimum Gasteiger partial charge on any atom is -0.339 e. The maximum absolute atomic E-state index is 11.6. The van der Waals surface area contributed by atoms with E-state index in [4.69, 9.17) is 9.73 Å². The Labute approximate surface area is 149 Å². The van der Waals surface area contributed by atoms with Crippen molar-refractivity contribution in [2.24, 2.45) is 5.92 Å². The fraction of sp³-hybridized carbons (Fsp3) is 0.833. The molecule has 0 bridgehead atoms. The van der Waals surface area contributed by atoms with Crippen molar-refractivity contribution in [1.82, 2.24) is 20.9 Å². The summed E-state index contributed by atoms with van der Waals surface area (Å²) in [5.74, 6) is 1.39. The molecule has 3 N–H and O–H groups in total. The molecule has 1 heterocycles. The van der Waals surface area contributed by atoms with E-state index in [9.17, 15) is 4.79 Å². The second-order valence-corrected chi connectivity index (χ2v) is 7.10. The van der Waals surface area contributed by atoms with Gasteiger partial charge in [0.2, 0.25) is 11.8 Å². The largest absolute Gasteiger partial charge is 0.339 e. The van der Waals surface area contributed by atoms with E-state index in [1.165, 1.54) is 38.5 Å². The van der Waals surface area contributed by atoms with E-state index >= 15 is 0 Å². The van der Waals surface area contributed by atoms with Gasteiger partial charge in [0, 0.05) is 12.3 Å². The van der Waals surface area contributed by atoms with E-state index < -0.39 is 5.91 Å². The van der Waals surface area contributed by atoms with E-state index in [1.807, 2.05) is 0 Å². The van der Waals surface area contributed by atoms with Gasteiger partial charge < -0.3 is 9.84 Å². The SMILES string of the molecule is CCCNCc1noc(C(CCCC2CCCCC2)CC(=O)NO)n1. The number of aromatic nitrogens is 2. The predicted octanol–water partition coefficient (Wildman–Crippen LogP) is 3.30. The summed E-state index contributed by atoms with van der Waals surface area (Å²) in [7, 11) is 0. The topological polar surface area (TPSA) is 100 Å². The van der Waals surface area contributed by atoms with Crippen molar-refractivity contribution in [3.05, 3.63) is 11.7 Å². The molecule has 1 fully saturated rings. The van der Waals surface area contributed by atoms with Crippen LogP contribution in [0.4, 0.5) is 0 Å². The van der Waals surface area contributed by atoms with Gasteiger partial charge in [0.25, 0.3) is 0 Å². The van der Waals surface area contributed by atoms with Gasteiger partial charge in [-0.2, -0.15) is 4.98 Å². The average Bonchev–Trinajstić information content (AvgIpc) is 3.10. The van der Waals surface area contributed by atoms with E-state index in [-0.39, 0.29) is 12.3 Å². The van der Waals surface area contributed by atoms with Crippen LogP contribution in [0.2, 0.25) is 0 Å². The Morgan fingerprint density at radius 3 is 2.88 bits per heavy atom. The molecule has 0 radical (unpaired) electrons. The minimum atomic E-state index is -0.411. The van der Waals surface area contributed by atoms with Gasteiger partial charge in [-0.3, -0.25) is 10.0 Å². The quantitative estimate of drug-likeness (QED) is 0.321. The number of hydrogen-bond donors (Lipinski definition) is 3. The molecular formula is C18H32N4O3. The highest BCUT2D eigenvalue weighted by molar-refractivity contribution is 5.75. The normalized spacial score (nSPS) is 16.7. The third kappa shape index (κ3) is 7.12. The molecule has 0 spiro atoms. The molecule has 1 unspecified atom stereocenters. The molecule has 1 aliphatic carbocycles. The lowest BCUT2D eigenvalue weighted by Gasteiger charge is -2.22. The first-order valence-corrected chi connectivity index (χ1v) is 9.69. The zero-order valence-electron chi connectivity index (χ0n) is 15.3. The standard InChI is InChI=1S/C18H32N4O3/c1-2-11-19-13-16-20-18(25-22-16)15(12-17(23)21-24)10-6-9-14-7-4-3-5-8-14/h14-15,19,24H,2-13H2,1H3,(H,21,23). The van der Waals surface area contributed by atoms with Crippen molar-refractivity contribution in [2.45, 2.75) is 83.6 Å². The highest BCUT2D eigenvalue weighted by Gasteiger charge is 2.23. The lowest BCUT2D eigenvalue weighted by atomic mass is 9.84. The fourth-order valence-electron chi connectivity index (χ4n) is 3.59. The Hall–Kier alpha value is -1.47. The van der Waals surface area contributed by atoms with Crippen LogP contribution >= 0.6 is 0 Å². The Bertz CT molecular complexity index is 500. The highest BCUT2D eigenvalue weighted by atomic mass is 16.5. The molecule has 25 heavy (non-hydrogen) atoms. The van der Waals surface area contributed by atoms with Crippen molar-refractivity contribution in [1.29, 1.82) is 0 Å². The molecule has 0 aliphatic heterocycles. The van der Waals surface area contributed by atoms with Crippen molar-refractivity contribution in [3.8, 4) is 0 Å². The van der Waals surface area contributed by atoms with Crippen LogP contribution in [0.1, 0.15) is 88.8 Å². The Morgan fingerprint density at radius 2 is 2.16 bits per heavy atom. The molecule has 1 aliphatic rings. The Kier molecular flexibility index (Phi) is 8.90. The van der Waals surface area contributed by atoms with Gasteiger partial charge in [0.05, 0.1) is 6.54 Å². The van der Waals surface area contributed by atoms with Crippen molar-refractivity contribution in [2.75, 3.05) is 6.54 Å². The summed E-state index contributed by atoms with van der Waals surface area (Å²) in [6.45, 7) is 3.57. The van der Waals surface area contributed by atoms with Crippen LogP contribution in [0.25, 0.3) is 0 Å². The van der Waals surface area contributed by atoms with E-state index in [0.717, 1.165) is 31.7 Å². The highest BCUT2D eigenvalue weighted by Crippen LogP contribution is 2.31. The first-order chi connectivity index (χ1) is 12.2. The van der Waals surface area contributed by atoms with Crippen LogP contribution in [-0.2, 0) is 11.3 Å². The average molecular weight is 352 g/mol. The summed E-state index contributed by atoms with van der Waals surface area (Å²) in [5.41, 5.74) is 1.71. The molecule has 7 nitrogen and oxygen atoms in total. The Morgan fingerprint density at radius 1 is 1.36 bits per heavy atom. The van der Waals surface area contributed by atoms with Crippen LogP contribution in [0, 0.1) is 5.92 Å². The number of carbonyl (C=O) groups is 1. The maximum atomic E-state index is 11.6. The number of carbonyl (C=O) groups excluding carboxylic acids is 1. The third-order valence-corrected chi connectivity index (χ3v) is 4.99. The van der Waals surface area contributed by atoms with Crippen LogP contribution in [-0.4, -0.2) is 27.8 Å². The molecule has 1 saturated carbocycles. The number of nitrogens with zero attached hydrogens (tertiary/aromatic N) is 2. The van der Waals surface area contributed by atoms with Crippen molar-refractivity contribution in [3.63, 3.8) is 0 Å².